The Kier molecular flexibility index (Phi) is 5.01. The molecule has 1 atom stereocenters. The number of hydrogen-bond donors (Lipinski definition) is 1. The number of benzene rings is 3. The molecule has 0 saturated carbocycles. The number of anilines is 1. The fraction of sp³-hybridized carbons (Fsp3) is 0.240. The Balaban J connectivity index is 1.56. The van der Waals surface area contributed by atoms with Crippen molar-refractivity contribution in [3.05, 3.63) is 83.9 Å². The highest BCUT2D eigenvalue weighted by molar-refractivity contribution is 6.04. The van der Waals surface area contributed by atoms with Gasteiger partial charge in [0, 0.05) is 18.3 Å². The molecule has 1 aliphatic heterocycles. The Morgan fingerprint density at radius 2 is 1.69 bits per heavy atom. The van der Waals surface area contributed by atoms with E-state index >= 15 is 0 Å². The van der Waals surface area contributed by atoms with Crippen molar-refractivity contribution in [3.8, 4) is 16.9 Å². The first kappa shape index (κ1) is 19.1. The second kappa shape index (κ2) is 7.63. The Morgan fingerprint density at radius 1 is 0.966 bits per heavy atom. The van der Waals surface area contributed by atoms with Crippen LogP contribution in [0.3, 0.4) is 0 Å². The second-order valence-corrected chi connectivity index (χ2v) is 7.72. The van der Waals surface area contributed by atoms with Gasteiger partial charge >= 0.3 is 0 Å². The summed E-state index contributed by atoms with van der Waals surface area (Å²) in [6.07, 6.45) is 1.79. The fourth-order valence-electron chi connectivity index (χ4n) is 3.95. The van der Waals surface area contributed by atoms with Crippen LogP contribution in [-0.2, 0) is 6.42 Å². The normalized spacial score (nSPS) is 18.2. The van der Waals surface area contributed by atoms with Gasteiger partial charge in [0.25, 0.3) is 0 Å². The molecule has 2 N–H and O–H groups in total. The SMILES string of the molecule is COc1cccc(-c2cccc(CCC3(C)N=C(N)c4ccccc4N3C)c2)c1. The molecule has 0 aliphatic carbocycles. The van der Waals surface area contributed by atoms with Gasteiger partial charge in [-0.1, -0.05) is 48.5 Å². The zero-order chi connectivity index (χ0) is 20.4. The summed E-state index contributed by atoms with van der Waals surface area (Å²) >= 11 is 0. The van der Waals surface area contributed by atoms with E-state index in [0.29, 0.717) is 5.84 Å². The number of nitrogens with zero attached hydrogens (tertiary/aromatic N) is 2. The molecule has 3 aromatic rings. The minimum Gasteiger partial charge on any atom is -0.497 e. The molecule has 0 bridgehead atoms. The standard InChI is InChI=1S/C25H27N3O/c1-25(27-24(26)22-12-4-5-13-23(22)28(25)2)15-14-18-8-6-9-19(16-18)20-10-7-11-21(17-20)29-3/h4-13,16-17H,14-15H2,1-3H3,(H2,26,27). The zero-order valence-corrected chi connectivity index (χ0v) is 17.2. The first-order valence-electron chi connectivity index (χ1n) is 9.92. The van der Waals surface area contributed by atoms with Crippen molar-refractivity contribution in [2.75, 3.05) is 19.1 Å². The third-order valence-electron chi connectivity index (χ3n) is 5.84. The number of nitrogens with two attached hydrogens (primary N) is 1. The fourth-order valence-corrected chi connectivity index (χ4v) is 3.95. The van der Waals surface area contributed by atoms with Crippen LogP contribution in [0.15, 0.2) is 77.8 Å². The van der Waals surface area contributed by atoms with Crippen molar-refractivity contribution in [2.24, 2.45) is 10.7 Å². The Hall–Kier alpha value is -3.27. The number of methoxy groups -OCH3 is 1. The van der Waals surface area contributed by atoms with E-state index in [4.69, 9.17) is 15.5 Å². The van der Waals surface area contributed by atoms with Gasteiger partial charge in [-0.3, -0.25) is 0 Å². The van der Waals surface area contributed by atoms with E-state index in [1.54, 1.807) is 7.11 Å². The van der Waals surface area contributed by atoms with E-state index in [2.05, 4.69) is 61.3 Å². The van der Waals surface area contributed by atoms with E-state index < -0.39 is 0 Å². The average molecular weight is 386 g/mol. The number of rotatable bonds is 5. The van der Waals surface area contributed by atoms with Crippen LogP contribution in [0.5, 0.6) is 5.75 Å². The Labute approximate surface area is 172 Å². The van der Waals surface area contributed by atoms with Crippen molar-refractivity contribution < 1.29 is 4.74 Å². The molecular weight excluding hydrogens is 358 g/mol. The summed E-state index contributed by atoms with van der Waals surface area (Å²) in [5.74, 6) is 1.49. The van der Waals surface area contributed by atoms with E-state index in [0.717, 1.165) is 35.4 Å². The van der Waals surface area contributed by atoms with Gasteiger partial charge < -0.3 is 15.4 Å². The van der Waals surface area contributed by atoms with Crippen LogP contribution in [0.4, 0.5) is 5.69 Å². The largest absolute Gasteiger partial charge is 0.497 e. The molecular formula is C25H27N3O. The van der Waals surface area contributed by atoms with Gasteiger partial charge in [-0.25, -0.2) is 4.99 Å². The molecule has 0 radical (unpaired) electrons. The molecule has 0 saturated heterocycles. The maximum Gasteiger partial charge on any atom is 0.131 e. The summed E-state index contributed by atoms with van der Waals surface area (Å²) in [5, 5.41) is 0. The van der Waals surface area contributed by atoms with Gasteiger partial charge in [-0.2, -0.15) is 0 Å². The molecule has 4 heteroatoms. The molecule has 1 unspecified atom stereocenters. The molecule has 0 spiro atoms. The van der Waals surface area contributed by atoms with Crippen LogP contribution in [0.2, 0.25) is 0 Å². The van der Waals surface area contributed by atoms with Gasteiger partial charge in [0.1, 0.15) is 17.2 Å². The van der Waals surface area contributed by atoms with E-state index in [-0.39, 0.29) is 5.66 Å². The molecule has 0 amide bonds. The summed E-state index contributed by atoms with van der Waals surface area (Å²) < 4.78 is 5.37. The summed E-state index contributed by atoms with van der Waals surface area (Å²) in [5.41, 5.74) is 11.7. The highest BCUT2D eigenvalue weighted by atomic mass is 16.5. The highest BCUT2D eigenvalue weighted by Crippen LogP contribution is 2.35. The first-order chi connectivity index (χ1) is 14.0. The van der Waals surface area contributed by atoms with Crippen LogP contribution < -0.4 is 15.4 Å². The van der Waals surface area contributed by atoms with Crippen LogP contribution in [0.1, 0.15) is 24.5 Å². The molecule has 3 aromatic carbocycles. The lowest BCUT2D eigenvalue weighted by molar-refractivity contribution is 0.415. The summed E-state index contributed by atoms with van der Waals surface area (Å²) in [6, 6.07) is 25.0. The van der Waals surface area contributed by atoms with Gasteiger partial charge in [0.05, 0.1) is 7.11 Å². The highest BCUT2D eigenvalue weighted by Gasteiger charge is 2.34. The van der Waals surface area contributed by atoms with Crippen LogP contribution >= 0.6 is 0 Å². The van der Waals surface area contributed by atoms with Gasteiger partial charge in [-0.15, -0.1) is 0 Å². The van der Waals surface area contributed by atoms with Crippen molar-refractivity contribution in [3.63, 3.8) is 0 Å². The Morgan fingerprint density at radius 3 is 2.48 bits per heavy atom. The minimum absolute atomic E-state index is 0.371. The maximum absolute atomic E-state index is 6.29. The number of aryl methyl sites for hydroxylation is 1. The van der Waals surface area contributed by atoms with E-state index in [1.165, 1.54) is 11.1 Å². The second-order valence-electron chi connectivity index (χ2n) is 7.72. The van der Waals surface area contributed by atoms with E-state index in [1.807, 2.05) is 30.3 Å². The maximum atomic E-state index is 6.29. The van der Waals surface area contributed by atoms with Gasteiger partial charge in [0.2, 0.25) is 0 Å². The number of para-hydroxylation sites is 1. The number of ether oxygens (including phenoxy) is 1. The third-order valence-corrected chi connectivity index (χ3v) is 5.84. The monoisotopic (exact) mass is 385 g/mol. The van der Waals surface area contributed by atoms with Gasteiger partial charge in [0.15, 0.2) is 0 Å². The molecule has 1 heterocycles. The average Bonchev–Trinajstić information content (AvgIpc) is 2.76. The lowest BCUT2D eigenvalue weighted by Gasteiger charge is -2.41. The molecule has 148 valence electrons. The van der Waals surface area contributed by atoms with Crippen LogP contribution in [-0.4, -0.2) is 25.7 Å². The smallest absolute Gasteiger partial charge is 0.131 e. The summed E-state index contributed by atoms with van der Waals surface area (Å²) in [7, 11) is 3.79. The number of amidine groups is 1. The van der Waals surface area contributed by atoms with Crippen LogP contribution in [0.25, 0.3) is 11.1 Å². The minimum atomic E-state index is -0.371. The van der Waals surface area contributed by atoms with Gasteiger partial charge in [-0.05, 0) is 60.7 Å². The molecule has 4 rings (SSSR count). The summed E-state index contributed by atoms with van der Waals surface area (Å²) in [4.78, 5) is 7.10. The molecule has 0 aromatic heterocycles. The predicted octanol–water partition coefficient (Wildman–Crippen LogP) is 4.87. The van der Waals surface area contributed by atoms with Crippen LogP contribution in [0, 0.1) is 0 Å². The first-order valence-corrected chi connectivity index (χ1v) is 9.92. The number of hydrogen-bond acceptors (Lipinski definition) is 4. The van der Waals surface area contributed by atoms with Crippen molar-refractivity contribution >= 4 is 11.5 Å². The molecule has 0 fully saturated rings. The van der Waals surface area contributed by atoms with Crippen molar-refractivity contribution in [1.29, 1.82) is 0 Å². The van der Waals surface area contributed by atoms with Crippen molar-refractivity contribution in [2.45, 2.75) is 25.4 Å². The summed E-state index contributed by atoms with van der Waals surface area (Å²) in [6.45, 7) is 2.15. The Bertz CT molecular complexity index is 1060. The molecule has 1 aliphatic rings. The number of fused-ring (bicyclic) bond motifs is 1. The number of aliphatic imine (C=N–C) groups is 1. The quantitative estimate of drug-likeness (QED) is 0.682. The zero-order valence-electron chi connectivity index (χ0n) is 17.2. The third kappa shape index (κ3) is 3.70. The molecule has 4 nitrogen and oxygen atoms in total. The van der Waals surface area contributed by atoms with Crippen molar-refractivity contribution in [1.82, 2.24) is 0 Å². The predicted molar refractivity (Wildman–Crippen MR) is 121 cm³/mol. The lowest BCUT2D eigenvalue weighted by Crippen LogP contribution is -2.48. The topological polar surface area (TPSA) is 50.9 Å². The lowest BCUT2D eigenvalue weighted by atomic mass is 9.94. The molecule has 29 heavy (non-hydrogen) atoms. The van der Waals surface area contributed by atoms with E-state index in [9.17, 15) is 0 Å².